The van der Waals surface area contributed by atoms with Gasteiger partial charge in [-0.15, -0.1) is 0 Å². The lowest BCUT2D eigenvalue weighted by molar-refractivity contribution is -0.147. The summed E-state index contributed by atoms with van der Waals surface area (Å²) in [5, 5.41) is 9.43. The van der Waals surface area contributed by atoms with E-state index < -0.39 is 0 Å². The fourth-order valence-electron chi connectivity index (χ4n) is 2.47. The van der Waals surface area contributed by atoms with Crippen molar-refractivity contribution < 1.29 is 14.6 Å². The van der Waals surface area contributed by atoms with E-state index >= 15 is 0 Å². The number of phenolic OH excluding ortho intramolecular Hbond substituents is 1. The zero-order valence-electron chi connectivity index (χ0n) is 10.6. The quantitative estimate of drug-likeness (QED) is 0.830. The number of hydrogen-bond donors (Lipinski definition) is 1. The first-order chi connectivity index (χ1) is 8.69. The number of methoxy groups -OCH3 is 1. The highest BCUT2D eigenvalue weighted by Crippen LogP contribution is 2.20. The highest BCUT2D eigenvalue weighted by Gasteiger charge is 2.26. The molecule has 0 spiro atoms. The summed E-state index contributed by atoms with van der Waals surface area (Å²) in [4.78, 5) is 13.8. The van der Waals surface area contributed by atoms with Crippen LogP contribution >= 0.6 is 0 Å². The van der Waals surface area contributed by atoms with Crippen molar-refractivity contribution >= 4 is 5.97 Å². The van der Waals surface area contributed by atoms with Crippen LogP contribution in [-0.4, -0.2) is 36.2 Å². The third-order valence-electron chi connectivity index (χ3n) is 3.36. The van der Waals surface area contributed by atoms with Crippen LogP contribution < -0.4 is 0 Å². The summed E-state index contributed by atoms with van der Waals surface area (Å²) in [6, 6.07) is 7.26. The van der Waals surface area contributed by atoms with Gasteiger partial charge in [-0.2, -0.15) is 0 Å². The number of aromatic hydroxyl groups is 1. The predicted molar refractivity (Wildman–Crippen MR) is 68.1 cm³/mol. The zero-order chi connectivity index (χ0) is 13.0. The normalized spacial score (nSPS) is 20.6. The van der Waals surface area contributed by atoms with Crippen LogP contribution in [0.3, 0.4) is 0 Å². The minimum atomic E-state index is -0.115. The summed E-state index contributed by atoms with van der Waals surface area (Å²) >= 11 is 0. The van der Waals surface area contributed by atoms with E-state index in [1.165, 1.54) is 7.11 Å². The molecule has 1 atom stereocenters. The molecule has 4 heteroatoms. The average Bonchev–Trinajstić information content (AvgIpc) is 2.38. The maximum Gasteiger partial charge on any atom is 0.309 e. The van der Waals surface area contributed by atoms with Crippen molar-refractivity contribution in [2.75, 3.05) is 20.2 Å². The van der Waals surface area contributed by atoms with Crippen LogP contribution in [0.5, 0.6) is 5.75 Å². The first kappa shape index (κ1) is 12.9. The van der Waals surface area contributed by atoms with Crippen molar-refractivity contribution in [1.29, 1.82) is 0 Å². The van der Waals surface area contributed by atoms with Gasteiger partial charge in [0.15, 0.2) is 0 Å². The molecule has 0 aromatic heterocycles. The summed E-state index contributed by atoms with van der Waals surface area (Å²) < 4.78 is 4.80. The van der Waals surface area contributed by atoms with Gasteiger partial charge in [-0.3, -0.25) is 9.69 Å². The lowest BCUT2D eigenvalue weighted by Gasteiger charge is -2.31. The van der Waals surface area contributed by atoms with Gasteiger partial charge in [0.05, 0.1) is 13.0 Å². The molecule has 2 rings (SSSR count). The van der Waals surface area contributed by atoms with E-state index in [1.807, 2.05) is 12.1 Å². The van der Waals surface area contributed by atoms with Gasteiger partial charge in [0.25, 0.3) is 0 Å². The first-order valence-electron chi connectivity index (χ1n) is 6.27. The molecule has 18 heavy (non-hydrogen) atoms. The molecule has 0 amide bonds. The number of ether oxygens (including phenoxy) is 1. The topological polar surface area (TPSA) is 49.8 Å². The molecular formula is C14H19NO3. The second kappa shape index (κ2) is 5.87. The Balaban J connectivity index is 1.95. The Morgan fingerprint density at radius 1 is 1.56 bits per heavy atom. The largest absolute Gasteiger partial charge is 0.508 e. The van der Waals surface area contributed by atoms with Crippen molar-refractivity contribution in [1.82, 2.24) is 4.90 Å². The van der Waals surface area contributed by atoms with Crippen molar-refractivity contribution in [2.45, 2.75) is 19.4 Å². The number of phenols is 1. The van der Waals surface area contributed by atoms with Gasteiger partial charge in [0.2, 0.25) is 0 Å². The molecule has 98 valence electrons. The Hall–Kier alpha value is -1.55. The maximum atomic E-state index is 11.5. The molecule has 1 heterocycles. The number of carbonyl (C=O) groups is 1. The highest BCUT2D eigenvalue weighted by molar-refractivity contribution is 5.72. The van der Waals surface area contributed by atoms with Crippen LogP contribution in [0.1, 0.15) is 18.4 Å². The summed E-state index contributed by atoms with van der Waals surface area (Å²) in [6.07, 6.45) is 1.92. The van der Waals surface area contributed by atoms with Gasteiger partial charge >= 0.3 is 5.97 Å². The third-order valence-corrected chi connectivity index (χ3v) is 3.36. The molecule has 1 unspecified atom stereocenters. The monoisotopic (exact) mass is 249 g/mol. The lowest BCUT2D eigenvalue weighted by Crippen LogP contribution is -2.38. The molecule has 0 saturated carbocycles. The van der Waals surface area contributed by atoms with E-state index in [1.54, 1.807) is 12.1 Å². The maximum absolute atomic E-state index is 11.5. The van der Waals surface area contributed by atoms with Crippen molar-refractivity contribution in [3.63, 3.8) is 0 Å². The van der Waals surface area contributed by atoms with E-state index in [9.17, 15) is 9.90 Å². The third kappa shape index (κ3) is 3.23. The number of rotatable bonds is 3. The van der Waals surface area contributed by atoms with E-state index in [2.05, 4.69) is 4.90 Å². The average molecular weight is 249 g/mol. The summed E-state index contributed by atoms with van der Waals surface area (Å²) in [7, 11) is 1.44. The van der Waals surface area contributed by atoms with Gasteiger partial charge in [-0.1, -0.05) is 12.1 Å². The second-order valence-electron chi connectivity index (χ2n) is 4.77. The second-order valence-corrected chi connectivity index (χ2v) is 4.77. The molecule has 1 aromatic rings. The van der Waals surface area contributed by atoms with Crippen LogP contribution in [0.25, 0.3) is 0 Å². The number of hydrogen-bond acceptors (Lipinski definition) is 4. The van der Waals surface area contributed by atoms with Crippen LogP contribution in [0, 0.1) is 5.92 Å². The SMILES string of the molecule is COC(=O)C1CCCN(Cc2cccc(O)c2)C1. The molecule has 0 aliphatic carbocycles. The number of piperidine rings is 1. The van der Waals surface area contributed by atoms with Gasteiger partial charge in [-0.05, 0) is 37.1 Å². The van der Waals surface area contributed by atoms with E-state index in [-0.39, 0.29) is 17.6 Å². The molecule has 1 saturated heterocycles. The summed E-state index contributed by atoms with van der Waals surface area (Å²) in [6.45, 7) is 2.49. The predicted octanol–water partition coefficient (Wildman–Crippen LogP) is 1.78. The Labute approximate surface area is 107 Å². The van der Waals surface area contributed by atoms with E-state index in [4.69, 9.17) is 4.74 Å². The van der Waals surface area contributed by atoms with E-state index in [0.29, 0.717) is 0 Å². The molecule has 1 aliphatic heterocycles. The Morgan fingerprint density at radius 3 is 3.11 bits per heavy atom. The summed E-state index contributed by atoms with van der Waals surface area (Å²) in [5.41, 5.74) is 1.07. The molecule has 4 nitrogen and oxygen atoms in total. The van der Waals surface area contributed by atoms with Gasteiger partial charge in [0.1, 0.15) is 5.75 Å². The van der Waals surface area contributed by atoms with Crippen LogP contribution in [-0.2, 0) is 16.1 Å². The Bertz CT molecular complexity index is 419. The number of nitrogens with zero attached hydrogens (tertiary/aromatic N) is 1. The molecule has 1 aliphatic rings. The van der Waals surface area contributed by atoms with Gasteiger partial charge < -0.3 is 9.84 Å². The van der Waals surface area contributed by atoms with Gasteiger partial charge in [0, 0.05) is 13.1 Å². The lowest BCUT2D eigenvalue weighted by atomic mass is 9.98. The molecule has 0 radical (unpaired) electrons. The number of carbonyl (C=O) groups excluding carboxylic acids is 1. The molecule has 0 bridgehead atoms. The minimum Gasteiger partial charge on any atom is -0.508 e. The van der Waals surface area contributed by atoms with Crippen LogP contribution in [0.4, 0.5) is 0 Å². The van der Waals surface area contributed by atoms with Crippen LogP contribution in [0.15, 0.2) is 24.3 Å². The molecule has 1 N–H and O–H groups in total. The van der Waals surface area contributed by atoms with Crippen molar-refractivity contribution in [2.24, 2.45) is 5.92 Å². The Kier molecular flexibility index (Phi) is 4.20. The standard InChI is InChI=1S/C14H19NO3/c1-18-14(17)12-5-3-7-15(10-12)9-11-4-2-6-13(16)8-11/h2,4,6,8,12,16H,3,5,7,9-10H2,1H3. The van der Waals surface area contributed by atoms with E-state index in [0.717, 1.165) is 38.0 Å². The zero-order valence-corrected chi connectivity index (χ0v) is 10.6. The number of esters is 1. The molecular weight excluding hydrogens is 230 g/mol. The number of likely N-dealkylation sites (tertiary alicyclic amines) is 1. The number of benzene rings is 1. The molecule has 1 aromatic carbocycles. The van der Waals surface area contributed by atoms with Crippen molar-refractivity contribution in [3.8, 4) is 5.75 Å². The van der Waals surface area contributed by atoms with Gasteiger partial charge in [-0.25, -0.2) is 0 Å². The smallest absolute Gasteiger partial charge is 0.309 e. The first-order valence-corrected chi connectivity index (χ1v) is 6.27. The fraction of sp³-hybridized carbons (Fsp3) is 0.500. The highest BCUT2D eigenvalue weighted by atomic mass is 16.5. The Morgan fingerprint density at radius 2 is 2.39 bits per heavy atom. The van der Waals surface area contributed by atoms with Crippen LogP contribution in [0.2, 0.25) is 0 Å². The summed E-state index contributed by atoms with van der Waals surface area (Å²) in [5.74, 6) is 0.158. The molecule has 1 fully saturated rings. The minimum absolute atomic E-state index is 0.0129. The van der Waals surface area contributed by atoms with Crippen molar-refractivity contribution in [3.05, 3.63) is 29.8 Å². The fourth-order valence-corrected chi connectivity index (χ4v) is 2.47.